The van der Waals surface area contributed by atoms with E-state index in [4.69, 9.17) is 17.0 Å². The summed E-state index contributed by atoms with van der Waals surface area (Å²) in [5, 5.41) is 6.77. The molecular weight excluding hydrogens is 181 g/mol. The summed E-state index contributed by atoms with van der Waals surface area (Å²) >= 11 is 5.51. The maximum absolute atomic E-state index is 6.77. The Bertz CT molecular complexity index is 76.5. The van der Waals surface area contributed by atoms with Crippen molar-refractivity contribution in [2.75, 3.05) is 5.88 Å². The molecule has 0 saturated carbocycles. The van der Waals surface area contributed by atoms with Crippen LogP contribution in [-0.2, 0) is 0 Å². The molecule has 0 heterocycles. The van der Waals surface area contributed by atoms with Gasteiger partial charge in [0.2, 0.25) is 0 Å². The van der Waals surface area contributed by atoms with E-state index in [1.54, 1.807) is 0 Å². The van der Waals surface area contributed by atoms with E-state index in [0.29, 0.717) is 0 Å². The number of unbranched alkanes of at least 4 members (excludes halogenated alkanes) is 5. The molecule has 0 aromatic carbocycles. The van der Waals surface area contributed by atoms with Crippen LogP contribution in [0.2, 0.25) is 0 Å². The first-order valence-electron chi connectivity index (χ1n) is 3.96. The predicted molar refractivity (Wildman–Crippen MR) is 54.5 cm³/mol. The van der Waals surface area contributed by atoms with Crippen molar-refractivity contribution in [3.8, 4) is 0 Å². The number of nitrogens with one attached hydrogen (secondary N) is 1. The van der Waals surface area contributed by atoms with Gasteiger partial charge in [0.25, 0.3) is 0 Å². The topological polar surface area (TPSA) is 23.9 Å². The minimum absolute atomic E-state index is 0. The van der Waals surface area contributed by atoms with E-state index in [1.807, 2.05) is 0 Å². The highest BCUT2D eigenvalue weighted by Gasteiger charge is 1.87. The molecule has 68 valence electrons. The van der Waals surface area contributed by atoms with Crippen LogP contribution in [0.4, 0.5) is 0 Å². The van der Waals surface area contributed by atoms with Gasteiger partial charge < -0.3 is 5.41 Å². The van der Waals surface area contributed by atoms with Crippen LogP contribution in [0.25, 0.3) is 0 Å². The van der Waals surface area contributed by atoms with Crippen molar-refractivity contribution in [2.45, 2.75) is 38.5 Å². The summed E-state index contributed by atoms with van der Waals surface area (Å²) in [4.78, 5) is 0. The molecule has 0 unspecified atom stereocenters. The summed E-state index contributed by atoms with van der Waals surface area (Å²) in [7, 11) is 0. The molecule has 3 heteroatoms. The minimum Gasteiger partial charge on any atom is -0.313 e. The summed E-state index contributed by atoms with van der Waals surface area (Å²) in [5.41, 5.74) is 0. The molecular formula is C8H17Cl2N. The first-order valence-corrected chi connectivity index (χ1v) is 4.50. The third-order valence-corrected chi connectivity index (χ3v) is 1.75. The molecule has 0 fully saturated rings. The second-order valence-electron chi connectivity index (χ2n) is 2.45. The Hall–Kier alpha value is 0.250. The Labute approximate surface area is 80.4 Å². The second-order valence-corrected chi connectivity index (χ2v) is 2.83. The largest absolute Gasteiger partial charge is 0.313 e. The molecule has 0 aliphatic heterocycles. The standard InChI is InChI=1S/C8H16ClN.ClH/c9-7-5-3-1-2-4-6-8-10;/h8,10H,1-7H2;1H. The van der Waals surface area contributed by atoms with Crippen LogP contribution >= 0.6 is 24.0 Å². The Morgan fingerprint density at radius 2 is 1.55 bits per heavy atom. The van der Waals surface area contributed by atoms with Crippen molar-refractivity contribution in [2.24, 2.45) is 0 Å². The van der Waals surface area contributed by atoms with E-state index in [-0.39, 0.29) is 12.4 Å². The van der Waals surface area contributed by atoms with Crippen LogP contribution < -0.4 is 0 Å². The number of alkyl halides is 1. The zero-order valence-corrected chi connectivity index (χ0v) is 8.39. The zero-order valence-electron chi connectivity index (χ0n) is 6.81. The predicted octanol–water partition coefficient (Wildman–Crippen LogP) is 3.64. The average Bonchev–Trinajstić information content (AvgIpc) is 1.97. The highest BCUT2D eigenvalue weighted by molar-refractivity contribution is 6.17. The maximum atomic E-state index is 6.77. The molecule has 0 rings (SSSR count). The van der Waals surface area contributed by atoms with Crippen molar-refractivity contribution in [3.05, 3.63) is 0 Å². The van der Waals surface area contributed by atoms with Crippen LogP contribution in [0.1, 0.15) is 38.5 Å². The van der Waals surface area contributed by atoms with Crippen molar-refractivity contribution < 1.29 is 0 Å². The van der Waals surface area contributed by atoms with E-state index in [9.17, 15) is 0 Å². The summed E-state index contributed by atoms with van der Waals surface area (Å²) < 4.78 is 0. The normalized spacial score (nSPS) is 8.82. The van der Waals surface area contributed by atoms with Crippen molar-refractivity contribution in [1.82, 2.24) is 0 Å². The van der Waals surface area contributed by atoms with Crippen molar-refractivity contribution in [3.63, 3.8) is 0 Å². The lowest BCUT2D eigenvalue weighted by Gasteiger charge is -1.95. The number of halogens is 2. The molecule has 0 aromatic rings. The molecule has 0 aromatic heterocycles. The van der Waals surface area contributed by atoms with Gasteiger partial charge in [-0.05, 0) is 25.5 Å². The summed E-state index contributed by atoms with van der Waals surface area (Å²) in [6, 6.07) is 0. The van der Waals surface area contributed by atoms with E-state index in [2.05, 4.69) is 0 Å². The third-order valence-electron chi connectivity index (χ3n) is 1.48. The fourth-order valence-corrected chi connectivity index (χ4v) is 1.06. The van der Waals surface area contributed by atoms with Gasteiger partial charge >= 0.3 is 0 Å². The summed E-state index contributed by atoms with van der Waals surface area (Å²) in [5.74, 6) is 0.796. The van der Waals surface area contributed by atoms with E-state index in [0.717, 1.165) is 18.7 Å². The van der Waals surface area contributed by atoms with Gasteiger partial charge in [-0.1, -0.05) is 19.3 Å². The fraction of sp³-hybridized carbons (Fsp3) is 0.875. The summed E-state index contributed by atoms with van der Waals surface area (Å²) in [6.45, 7) is 0. The van der Waals surface area contributed by atoms with Crippen molar-refractivity contribution >= 4 is 30.2 Å². The van der Waals surface area contributed by atoms with Gasteiger partial charge in [-0.25, -0.2) is 0 Å². The van der Waals surface area contributed by atoms with Crippen LogP contribution in [0, 0.1) is 5.41 Å². The molecule has 0 bridgehead atoms. The fourth-order valence-electron chi connectivity index (χ4n) is 0.871. The van der Waals surface area contributed by atoms with Crippen molar-refractivity contribution in [1.29, 1.82) is 5.41 Å². The summed E-state index contributed by atoms with van der Waals surface area (Å²) in [6.07, 6.45) is 8.54. The molecule has 0 aliphatic rings. The lowest BCUT2D eigenvalue weighted by atomic mass is 10.1. The van der Waals surface area contributed by atoms with E-state index >= 15 is 0 Å². The molecule has 1 N–H and O–H groups in total. The molecule has 0 amide bonds. The highest BCUT2D eigenvalue weighted by atomic mass is 35.5. The van der Waals surface area contributed by atoms with Gasteiger partial charge in [-0.15, -0.1) is 24.0 Å². The third kappa shape index (κ3) is 13.3. The van der Waals surface area contributed by atoms with Gasteiger partial charge in [-0.2, -0.15) is 0 Å². The van der Waals surface area contributed by atoms with Gasteiger partial charge in [-0.3, -0.25) is 0 Å². The van der Waals surface area contributed by atoms with Gasteiger partial charge in [0.05, 0.1) is 0 Å². The number of rotatable bonds is 7. The molecule has 0 spiro atoms. The lowest BCUT2D eigenvalue weighted by molar-refractivity contribution is 0.646. The molecule has 1 nitrogen and oxygen atoms in total. The van der Waals surface area contributed by atoms with Gasteiger partial charge in [0.15, 0.2) is 0 Å². The first-order chi connectivity index (χ1) is 4.91. The molecule has 0 aliphatic carbocycles. The van der Waals surface area contributed by atoms with E-state index in [1.165, 1.54) is 31.9 Å². The maximum Gasteiger partial charge on any atom is 0.0223 e. The van der Waals surface area contributed by atoms with Gasteiger partial charge in [0.1, 0.15) is 0 Å². The van der Waals surface area contributed by atoms with Crippen LogP contribution in [0.5, 0.6) is 0 Å². The number of hydrogen-bond donors (Lipinski definition) is 1. The highest BCUT2D eigenvalue weighted by Crippen LogP contribution is 2.04. The quantitative estimate of drug-likeness (QED) is 0.367. The van der Waals surface area contributed by atoms with E-state index < -0.39 is 0 Å². The van der Waals surface area contributed by atoms with Gasteiger partial charge in [0, 0.05) is 5.88 Å². The van der Waals surface area contributed by atoms with Crippen LogP contribution in [0.15, 0.2) is 0 Å². The molecule has 0 radical (unpaired) electrons. The monoisotopic (exact) mass is 197 g/mol. The Morgan fingerprint density at radius 1 is 1.00 bits per heavy atom. The SMILES string of the molecule is Cl.N=CCCCCCCCCl. The first kappa shape index (κ1) is 13.8. The average molecular weight is 198 g/mol. The second kappa shape index (κ2) is 12.9. The molecule has 0 atom stereocenters. The lowest BCUT2D eigenvalue weighted by Crippen LogP contribution is -1.80. The van der Waals surface area contributed by atoms with Crippen LogP contribution in [0.3, 0.4) is 0 Å². The zero-order chi connectivity index (χ0) is 7.66. The molecule has 0 saturated heterocycles. The Morgan fingerprint density at radius 3 is 2.09 bits per heavy atom. The Balaban J connectivity index is 0. The minimum atomic E-state index is 0. The number of hydrogen-bond acceptors (Lipinski definition) is 1. The Kier molecular flexibility index (Phi) is 16.2. The molecule has 11 heavy (non-hydrogen) atoms. The smallest absolute Gasteiger partial charge is 0.0223 e. The van der Waals surface area contributed by atoms with Crippen LogP contribution in [-0.4, -0.2) is 12.1 Å².